The van der Waals surface area contributed by atoms with Crippen molar-refractivity contribution in [3.63, 3.8) is 0 Å². The van der Waals surface area contributed by atoms with E-state index in [-0.39, 0.29) is 17.6 Å². The molecule has 0 saturated heterocycles. The normalized spacial score (nSPS) is 12.2. The molecule has 1 aromatic heterocycles. The number of nitrogens with zero attached hydrogens (tertiary/aromatic N) is 2. The molecule has 100 valence electrons. The number of benzene rings is 1. The summed E-state index contributed by atoms with van der Waals surface area (Å²) in [6.07, 6.45) is 4.00. The second kappa shape index (κ2) is 6.24. The van der Waals surface area contributed by atoms with Gasteiger partial charge in [-0.2, -0.15) is 0 Å². The van der Waals surface area contributed by atoms with Crippen LogP contribution in [0, 0.1) is 5.82 Å². The number of hydrogen-bond acceptors (Lipinski definition) is 4. The number of halogens is 1. The average Bonchev–Trinajstić information content (AvgIpc) is 2.46. The Labute approximate surface area is 111 Å². The molecule has 5 heteroatoms. The molecule has 0 saturated carbocycles. The van der Waals surface area contributed by atoms with Crippen molar-refractivity contribution in [1.29, 1.82) is 0 Å². The minimum absolute atomic E-state index is 0.0472. The Morgan fingerprint density at radius 2 is 2.05 bits per heavy atom. The lowest BCUT2D eigenvalue weighted by Gasteiger charge is -2.15. The first-order valence-corrected chi connectivity index (χ1v) is 6.01. The zero-order valence-corrected chi connectivity index (χ0v) is 10.9. The maximum absolute atomic E-state index is 13.6. The molecule has 1 heterocycles. The van der Waals surface area contributed by atoms with E-state index < -0.39 is 0 Å². The average molecular weight is 261 g/mol. The zero-order valence-electron chi connectivity index (χ0n) is 10.9. The molecule has 0 radical (unpaired) electrons. The molecular weight excluding hydrogens is 245 g/mol. The van der Waals surface area contributed by atoms with Crippen LogP contribution < -0.4 is 10.1 Å². The fourth-order valence-corrected chi connectivity index (χ4v) is 1.89. The van der Waals surface area contributed by atoms with E-state index in [4.69, 9.17) is 4.74 Å². The van der Waals surface area contributed by atoms with Gasteiger partial charge in [0.1, 0.15) is 5.82 Å². The van der Waals surface area contributed by atoms with Crippen LogP contribution >= 0.6 is 0 Å². The largest absolute Gasteiger partial charge is 0.494 e. The highest BCUT2D eigenvalue weighted by Gasteiger charge is 2.13. The van der Waals surface area contributed by atoms with Gasteiger partial charge in [-0.3, -0.25) is 0 Å². The van der Waals surface area contributed by atoms with Crippen LogP contribution in [0.4, 0.5) is 4.39 Å². The molecule has 1 N–H and O–H groups in total. The number of aromatic nitrogens is 2. The van der Waals surface area contributed by atoms with Gasteiger partial charge in [0.25, 0.3) is 0 Å². The fourth-order valence-electron chi connectivity index (χ4n) is 1.89. The van der Waals surface area contributed by atoms with Crippen molar-refractivity contribution in [3.8, 4) is 5.75 Å². The van der Waals surface area contributed by atoms with E-state index in [1.807, 2.05) is 13.1 Å². The van der Waals surface area contributed by atoms with Crippen molar-refractivity contribution in [2.75, 3.05) is 14.2 Å². The molecule has 1 aromatic carbocycles. The van der Waals surface area contributed by atoms with Gasteiger partial charge in [0.05, 0.1) is 13.2 Å². The van der Waals surface area contributed by atoms with Crippen molar-refractivity contribution in [3.05, 3.63) is 53.9 Å². The third-order valence-corrected chi connectivity index (χ3v) is 2.90. The summed E-state index contributed by atoms with van der Waals surface area (Å²) in [7, 11) is 3.28. The van der Waals surface area contributed by atoms with Crippen LogP contribution in [-0.4, -0.2) is 24.1 Å². The molecule has 2 aromatic rings. The summed E-state index contributed by atoms with van der Waals surface area (Å²) in [5, 5.41) is 3.14. The Hall–Kier alpha value is -2.01. The van der Waals surface area contributed by atoms with Crippen molar-refractivity contribution >= 4 is 0 Å². The minimum atomic E-state index is -0.358. The molecule has 0 aliphatic carbocycles. The molecule has 0 aliphatic rings. The summed E-state index contributed by atoms with van der Waals surface area (Å²) in [6, 6.07) is 6.67. The topological polar surface area (TPSA) is 47.0 Å². The van der Waals surface area contributed by atoms with Crippen molar-refractivity contribution in [1.82, 2.24) is 15.3 Å². The number of ether oxygens (including phenoxy) is 1. The maximum atomic E-state index is 13.6. The second-order valence-corrected chi connectivity index (χ2v) is 4.12. The van der Waals surface area contributed by atoms with Gasteiger partial charge >= 0.3 is 0 Å². The summed E-state index contributed by atoms with van der Waals surface area (Å²) in [5.74, 6) is 0.589. The van der Waals surface area contributed by atoms with E-state index in [0.29, 0.717) is 12.2 Å². The minimum Gasteiger partial charge on any atom is -0.494 e. The van der Waals surface area contributed by atoms with E-state index in [1.165, 1.54) is 13.2 Å². The molecule has 19 heavy (non-hydrogen) atoms. The number of rotatable bonds is 5. The SMILES string of the molecule is CNC(Cc1ccc(OC)c(F)c1)c1ncccn1. The first-order valence-electron chi connectivity index (χ1n) is 6.01. The Morgan fingerprint density at radius 1 is 1.32 bits per heavy atom. The fraction of sp³-hybridized carbons (Fsp3) is 0.286. The highest BCUT2D eigenvalue weighted by atomic mass is 19.1. The predicted octanol–water partition coefficient (Wildman–Crippen LogP) is 2.13. The highest BCUT2D eigenvalue weighted by Crippen LogP contribution is 2.21. The molecule has 0 aliphatic heterocycles. The monoisotopic (exact) mass is 261 g/mol. The predicted molar refractivity (Wildman–Crippen MR) is 70.5 cm³/mol. The van der Waals surface area contributed by atoms with Crippen LogP contribution in [0.2, 0.25) is 0 Å². The van der Waals surface area contributed by atoms with Crippen LogP contribution in [0.5, 0.6) is 5.75 Å². The molecule has 4 nitrogen and oxygen atoms in total. The van der Waals surface area contributed by atoms with Gasteiger partial charge in [-0.15, -0.1) is 0 Å². The van der Waals surface area contributed by atoms with Crippen LogP contribution in [0.1, 0.15) is 17.4 Å². The van der Waals surface area contributed by atoms with Crippen LogP contribution in [-0.2, 0) is 6.42 Å². The van der Waals surface area contributed by atoms with Crippen LogP contribution in [0.15, 0.2) is 36.7 Å². The molecule has 1 atom stereocenters. The smallest absolute Gasteiger partial charge is 0.165 e. The van der Waals surface area contributed by atoms with Gasteiger partial charge in [-0.25, -0.2) is 14.4 Å². The van der Waals surface area contributed by atoms with Gasteiger partial charge < -0.3 is 10.1 Å². The second-order valence-electron chi connectivity index (χ2n) is 4.12. The number of methoxy groups -OCH3 is 1. The van der Waals surface area contributed by atoms with Crippen molar-refractivity contribution in [2.24, 2.45) is 0 Å². The molecule has 0 fully saturated rings. The molecular formula is C14H16FN3O. The van der Waals surface area contributed by atoms with E-state index in [1.54, 1.807) is 24.5 Å². The van der Waals surface area contributed by atoms with E-state index >= 15 is 0 Å². The molecule has 0 spiro atoms. The quantitative estimate of drug-likeness (QED) is 0.895. The standard InChI is InChI=1S/C14H16FN3O/c1-16-12(14-17-6-3-7-18-14)9-10-4-5-13(19-2)11(15)8-10/h3-8,12,16H,9H2,1-2H3. The van der Waals surface area contributed by atoms with E-state index in [0.717, 1.165) is 5.56 Å². The zero-order chi connectivity index (χ0) is 13.7. The Balaban J connectivity index is 2.17. The third kappa shape index (κ3) is 3.26. The van der Waals surface area contributed by atoms with Gasteiger partial charge in [0, 0.05) is 12.4 Å². The van der Waals surface area contributed by atoms with Crippen molar-refractivity contribution in [2.45, 2.75) is 12.5 Å². The molecule has 1 unspecified atom stereocenters. The Bertz CT molecular complexity index is 533. The summed E-state index contributed by atoms with van der Waals surface area (Å²) in [6.45, 7) is 0. The van der Waals surface area contributed by atoms with Crippen LogP contribution in [0.3, 0.4) is 0 Å². The summed E-state index contributed by atoms with van der Waals surface area (Å²) in [5.41, 5.74) is 0.866. The van der Waals surface area contributed by atoms with Gasteiger partial charge in [-0.1, -0.05) is 6.07 Å². The first kappa shape index (κ1) is 13.4. The van der Waals surface area contributed by atoms with Gasteiger partial charge in [0.15, 0.2) is 11.6 Å². The van der Waals surface area contributed by atoms with Gasteiger partial charge in [0.2, 0.25) is 0 Å². The Morgan fingerprint density at radius 3 is 2.63 bits per heavy atom. The summed E-state index contributed by atoms with van der Waals surface area (Å²) < 4.78 is 18.5. The van der Waals surface area contributed by atoms with E-state index in [9.17, 15) is 4.39 Å². The lowest BCUT2D eigenvalue weighted by molar-refractivity contribution is 0.386. The lowest BCUT2D eigenvalue weighted by Crippen LogP contribution is -2.21. The lowest BCUT2D eigenvalue weighted by atomic mass is 10.0. The highest BCUT2D eigenvalue weighted by molar-refractivity contribution is 5.30. The number of likely N-dealkylation sites (N-methyl/N-ethyl adjacent to an activating group) is 1. The van der Waals surface area contributed by atoms with E-state index in [2.05, 4.69) is 15.3 Å². The summed E-state index contributed by atoms with van der Waals surface area (Å²) in [4.78, 5) is 8.42. The van der Waals surface area contributed by atoms with Crippen molar-refractivity contribution < 1.29 is 9.13 Å². The summed E-state index contributed by atoms with van der Waals surface area (Å²) >= 11 is 0. The number of nitrogens with one attached hydrogen (secondary N) is 1. The number of hydrogen-bond donors (Lipinski definition) is 1. The van der Waals surface area contributed by atoms with Gasteiger partial charge in [-0.05, 0) is 37.2 Å². The first-order chi connectivity index (χ1) is 9.24. The third-order valence-electron chi connectivity index (χ3n) is 2.90. The van der Waals surface area contributed by atoms with Crippen LogP contribution in [0.25, 0.3) is 0 Å². The molecule has 2 rings (SSSR count). The maximum Gasteiger partial charge on any atom is 0.165 e. The molecule has 0 amide bonds. The molecule has 0 bridgehead atoms. The Kier molecular flexibility index (Phi) is 4.41.